The number of benzene rings is 1. The summed E-state index contributed by atoms with van der Waals surface area (Å²) in [6, 6.07) is 4.09. The Hall–Kier alpha value is -1.45. The molecule has 2 aromatic rings. The molecule has 1 aliphatic carbocycles. The van der Waals surface area contributed by atoms with Crippen molar-refractivity contribution in [2.75, 3.05) is 0 Å². The highest BCUT2D eigenvalue weighted by Crippen LogP contribution is 2.36. The fourth-order valence-corrected chi connectivity index (χ4v) is 2.94. The molecule has 0 atom stereocenters. The van der Waals surface area contributed by atoms with Crippen LogP contribution in [0.15, 0.2) is 18.2 Å². The van der Waals surface area contributed by atoms with Crippen LogP contribution in [0.4, 0.5) is 13.2 Å². The lowest BCUT2D eigenvalue weighted by atomic mass is 9.95. The van der Waals surface area contributed by atoms with E-state index >= 15 is 0 Å². The molecule has 0 saturated carbocycles. The maximum absolute atomic E-state index is 12.7. The van der Waals surface area contributed by atoms with Crippen molar-refractivity contribution in [1.29, 1.82) is 0 Å². The predicted octanol–water partition coefficient (Wildman–Crippen LogP) is 4.08. The maximum atomic E-state index is 12.7. The lowest BCUT2D eigenvalue weighted by Gasteiger charge is -2.12. The average Bonchev–Trinajstić information content (AvgIpc) is 2.63. The first-order chi connectivity index (χ1) is 8.48. The molecule has 4 heteroatoms. The van der Waals surface area contributed by atoms with Crippen molar-refractivity contribution in [2.45, 2.75) is 31.9 Å². The molecule has 1 aliphatic rings. The summed E-state index contributed by atoms with van der Waals surface area (Å²) in [6.07, 6.45) is -0.0463. The number of halogens is 3. The van der Waals surface area contributed by atoms with Crippen molar-refractivity contribution in [3.8, 4) is 0 Å². The summed E-state index contributed by atoms with van der Waals surface area (Å²) in [6.45, 7) is 0. The molecule has 0 aliphatic heterocycles. The molecule has 1 nitrogen and oxygen atoms in total. The van der Waals surface area contributed by atoms with Gasteiger partial charge >= 0.3 is 6.18 Å². The second-order valence-corrected chi connectivity index (χ2v) is 4.92. The summed E-state index contributed by atoms with van der Waals surface area (Å²) in [5.41, 5.74) is 2.59. The third kappa shape index (κ3) is 1.62. The Morgan fingerprint density at radius 1 is 1.11 bits per heavy atom. The van der Waals surface area contributed by atoms with Gasteiger partial charge in [0, 0.05) is 23.6 Å². The van der Waals surface area contributed by atoms with Crippen molar-refractivity contribution in [3.05, 3.63) is 35.0 Å². The number of alkyl halides is 3. The van der Waals surface area contributed by atoms with Crippen LogP contribution >= 0.6 is 0 Å². The topological polar surface area (TPSA) is 4.93 Å². The van der Waals surface area contributed by atoms with Gasteiger partial charge in [-0.2, -0.15) is 13.2 Å². The molecule has 1 heterocycles. The highest BCUT2D eigenvalue weighted by atomic mass is 19.4. The minimum atomic E-state index is -4.26. The van der Waals surface area contributed by atoms with Gasteiger partial charge in [0.2, 0.25) is 0 Å². The van der Waals surface area contributed by atoms with Crippen molar-refractivity contribution >= 4 is 10.9 Å². The number of hydrogen-bond acceptors (Lipinski definition) is 0. The minimum absolute atomic E-state index is 0.562. The summed E-state index contributed by atoms with van der Waals surface area (Å²) in [7, 11) is 1.87. The monoisotopic (exact) mass is 253 g/mol. The van der Waals surface area contributed by atoms with Gasteiger partial charge in [-0.05, 0) is 43.4 Å². The van der Waals surface area contributed by atoms with Gasteiger partial charge in [0.1, 0.15) is 0 Å². The Labute approximate surface area is 103 Å². The summed E-state index contributed by atoms with van der Waals surface area (Å²) < 4.78 is 40.1. The van der Waals surface area contributed by atoms with Gasteiger partial charge in [-0.3, -0.25) is 0 Å². The van der Waals surface area contributed by atoms with Gasteiger partial charge in [-0.15, -0.1) is 0 Å². The maximum Gasteiger partial charge on any atom is 0.416 e. The van der Waals surface area contributed by atoms with E-state index in [4.69, 9.17) is 0 Å². The van der Waals surface area contributed by atoms with Crippen LogP contribution in [0.25, 0.3) is 10.9 Å². The molecule has 0 bridgehead atoms. The van der Waals surface area contributed by atoms with Gasteiger partial charge in [0.05, 0.1) is 5.56 Å². The van der Waals surface area contributed by atoms with Crippen LogP contribution in [0.2, 0.25) is 0 Å². The molecule has 1 aromatic heterocycles. The van der Waals surface area contributed by atoms with E-state index in [0.717, 1.165) is 31.1 Å². The summed E-state index contributed by atoms with van der Waals surface area (Å²) in [5, 5.41) is 0.986. The van der Waals surface area contributed by atoms with E-state index < -0.39 is 11.7 Å². The van der Waals surface area contributed by atoms with Crippen molar-refractivity contribution in [1.82, 2.24) is 4.57 Å². The van der Waals surface area contributed by atoms with E-state index in [-0.39, 0.29) is 0 Å². The molecule has 0 fully saturated rings. The number of hydrogen-bond donors (Lipinski definition) is 0. The number of nitrogens with zero attached hydrogens (tertiary/aromatic N) is 1. The van der Waals surface area contributed by atoms with Crippen molar-refractivity contribution < 1.29 is 13.2 Å². The van der Waals surface area contributed by atoms with E-state index in [9.17, 15) is 13.2 Å². The Balaban J connectivity index is 2.26. The molecule has 3 rings (SSSR count). The molecule has 1 aromatic carbocycles. The first-order valence-electron chi connectivity index (χ1n) is 6.16. The highest BCUT2D eigenvalue weighted by Gasteiger charge is 2.31. The van der Waals surface area contributed by atoms with Gasteiger partial charge in [-0.1, -0.05) is 6.07 Å². The Morgan fingerprint density at radius 2 is 1.83 bits per heavy atom. The van der Waals surface area contributed by atoms with Crippen LogP contribution in [0, 0.1) is 0 Å². The fraction of sp³-hybridized carbons (Fsp3) is 0.429. The zero-order valence-corrected chi connectivity index (χ0v) is 10.1. The normalized spacial score (nSPS) is 16.0. The van der Waals surface area contributed by atoms with Gasteiger partial charge in [0.25, 0.3) is 0 Å². The van der Waals surface area contributed by atoms with Crippen LogP contribution in [-0.2, 0) is 26.1 Å². The number of fused-ring (bicyclic) bond motifs is 3. The quantitative estimate of drug-likeness (QED) is 0.666. The Morgan fingerprint density at radius 3 is 2.56 bits per heavy atom. The van der Waals surface area contributed by atoms with E-state index in [1.54, 1.807) is 6.07 Å². The zero-order chi connectivity index (χ0) is 12.9. The summed E-state index contributed by atoms with van der Waals surface area (Å²) in [5.74, 6) is 0. The zero-order valence-electron chi connectivity index (χ0n) is 10.1. The van der Waals surface area contributed by atoms with Gasteiger partial charge < -0.3 is 4.57 Å². The van der Waals surface area contributed by atoms with E-state index in [2.05, 4.69) is 0 Å². The number of aromatic nitrogens is 1. The molecule has 0 saturated heterocycles. The highest BCUT2D eigenvalue weighted by molar-refractivity contribution is 5.86. The molecular weight excluding hydrogens is 239 g/mol. The Bertz CT molecular complexity index is 608. The average molecular weight is 253 g/mol. The summed E-state index contributed by atoms with van der Waals surface area (Å²) >= 11 is 0. The van der Waals surface area contributed by atoms with Crippen LogP contribution in [-0.4, -0.2) is 4.57 Å². The van der Waals surface area contributed by atoms with E-state index in [1.807, 2.05) is 11.6 Å². The Kier molecular flexibility index (Phi) is 2.44. The molecule has 0 spiro atoms. The number of aryl methyl sites for hydroxylation is 2. The second kappa shape index (κ2) is 3.77. The molecule has 0 unspecified atom stereocenters. The largest absolute Gasteiger partial charge is 0.416 e. The van der Waals surface area contributed by atoms with E-state index in [1.165, 1.54) is 23.4 Å². The minimum Gasteiger partial charge on any atom is -0.347 e. The third-order valence-corrected chi connectivity index (χ3v) is 3.86. The summed E-state index contributed by atoms with van der Waals surface area (Å²) in [4.78, 5) is 0. The third-order valence-electron chi connectivity index (χ3n) is 3.86. The first kappa shape index (κ1) is 11.6. The molecular formula is C14H14F3N. The molecule has 0 N–H and O–H groups in total. The lowest BCUT2D eigenvalue weighted by molar-refractivity contribution is -0.137. The number of rotatable bonds is 0. The smallest absolute Gasteiger partial charge is 0.347 e. The standard InChI is InChI=1S/C14H14F3N/c1-18-12-5-3-2-4-10(12)11-7-6-9(8-13(11)18)14(15,16)17/h6-8H,2-5H2,1H3. The van der Waals surface area contributed by atoms with Crippen LogP contribution in [0.1, 0.15) is 29.7 Å². The van der Waals surface area contributed by atoms with Crippen molar-refractivity contribution in [2.24, 2.45) is 7.05 Å². The first-order valence-corrected chi connectivity index (χ1v) is 6.16. The van der Waals surface area contributed by atoms with Gasteiger partial charge in [0.15, 0.2) is 0 Å². The lowest BCUT2D eigenvalue weighted by Crippen LogP contribution is -2.05. The second-order valence-electron chi connectivity index (χ2n) is 4.92. The van der Waals surface area contributed by atoms with Crippen LogP contribution in [0.5, 0.6) is 0 Å². The molecule has 0 radical (unpaired) electrons. The molecule has 96 valence electrons. The predicted molar refractivity (Wildman–Crippen MR) is 64.6 cm³/mol. The van der Waals surface area contributed by atoms with Gasteiger partial charge in [-0.25, -0.2) is 0 Å². The molecule has 18 heavy (non-hydrogen) atoms. The fourth-order valence-electron chi connectivity index (χ4n) is 2.94. The molecule has 0 amide bonds. The van der Waals surface area contributed by atoms with Crippen LogP contribution < -0.4 is 0 Å². The SMILES string of the molecule is Cn1c2c(c3ccc(C(F)(F)F)cc31)CCCC2. The van der Waals surface area contributed by atoms with Crippen molar-refractivity contribution in [3.63, 3.8) is 0 Å². The van der Waals surface area contributed by atoms with E-state index in [0.29, 0.717) is 5.52 Å². The van der Waals surface area contributed by atoms with Crippen LogP contribution in [0.3, 0.4) is 0 Å².